The van der Waals surface area contributed by atoms with Gasteiger partial charge in [-0.25, -0.2) is 0 Å². The van der Waals surface area contributed by atoms with Gasteiger partial charge in [0.2, 0.25) is 5.91 Å². The van der Waals surface area contributed by atoms with Crippen molar-refractivity contribution in [2.75, 3.05) is 11.1 Å². The summed E-state index contributed by atoms with van der Waals surface area (Å²) >= 11 is 9.05. The van der Waals surface area contributed by atoms with E-state index in [0.717, 1.165) is 31.2 Å². The number of aryl methyl sites for hydroxylation is 1. The number of hydrogen-bond donors (Lipinski definition) is 2. The van der Waals surface area contributed by atoms with Gasteiger partial charge in [0.05, 0.1) is 27.9 Å². The summed E-state index contributed by atoms with van der Waals surface area (Å²) in [4.78, 5) is 27.1. The van der Waals surface area contributed by atoms with Crippen LogP contribution in [0.25, 0.3) is 0 Å². The molecule has 3 aromatic rings. The van der Waals surface area contributed by atoms with Gasteiger partial charge >= 0.3 is 0 Å². The maximum Gasteiger partial charge on any atom is 0.253 e. The summed E-state index contributed by atoms with van der Waals surface area (Å²) in [6, 6.07) is 8.85. The SMILES string of the molecule is CCn1c(SCC(=O)Nc2sc3c(c2C#N)CCCC3)nnc1[C@@H](CC(C)C)NC(=O)c1ccccc1Cl. The standard InChI is InChI=1S/C27H31ClN6O2S2/c1-4-34-24(21(13-16(2)3)30-25(36)18-10-5-7-11-20(18)28)32-33-27(34)37-15-23(35)31-26-19(14-29)17-9-6-8-12-22(17)38-26/h5,7,10-11,16,21H,4,6,8-9,12-13,15H2,1-3H3,(H,30,36)(H,31,35)/t21-/m1/s1. The lowest BCUT2D eigenvalue weighted by atomic mass is 9.96. The highest BCUT2D eigenvalue weighted by atomic mass is 35.5. The molecule has 0 unspecified atom stereocenters. The first kappa shape index (κ1) is 28.1. The summed E-state index contributed by atoms with van der Waals surface area (Å²) in [7, 11) is 0. The number of benzene rings is 1. The number of halogens is 1. The van der Waals surface area contributed by atoms with Crippen LogP contribution in [0.4, 0.5) is 5.00 Å². The van der Waals surface area contributed by atoms with Crippen LogP contribution in [-0.2, 0) is 24.2 Å². The van der Waals surface area contributed by atoms with E-state index in [2.05, 4.69) is 40.7 Å². The molecular weight excluding hydrogens is 540 g/mol. The molecule has 0 radical (unpaired) electrons. The largest absolute Gasteiger partial charge is 0.342 e. The normalized spacial score (nSPS) is 13.6. The monoisotopic (exact) mass is 570 g/mol. The van der Waals surface area contributed by atoms with Gasteiger partial charge in [-0.2, -0.15) is 5.26 Å². The molecule has 2 aromatic heterocycles. The number of carbonyl (C=O) groups excluding carboxylic acids is 2. The molecule has 2 heterocycles. The lowest BCUT2D eigenvalue weighted by Gasteiger charge is -2.21. The van der Waals surface area contributed by atoms with E-state index in [0.29, 0.717) is 51.0 Å². The number of rotatable bonds is 10. The average molecular weight is 571 g/mol. The molecule has 0 saturated heterocycles. The van der Waals surface area contributed by atoms with Crippen molar-refractivity contribution < 1.29 is 9.59 Å². The van der Waals surface area contributed by atoms with E-state index in [1.807, 2.05) is 11.5 Å². The molecule has 0 aliphatic heterocycles. The summed E-state index contributed by atoms with van der Waals surface area (Å²) in [5, 5.41) is 26.1. The molecule has 200 valence electrons. The number of anilines is 1. The first-order valence-electron chi connectivity index (χ1n) is 12.8. The highest BCUT2D eigenvalue weighted by molar-refractivity contribution is 7.99. The summed E-state index contributed by atoms with van der Waals surface area (Å²) < 4.78 is 1.93. The third kappa shape index (κ3) is 6.40. The Morgan fingerprint density at radius 1 is 1.24 bits per heavy atom. The number of aromatic nitrogens is 3. The Kier molecular flexibility index (Phi) is 9.47. The summed E-state index contributed by atoms with van der Waals surface area (Å²) in [5.74, 6) is 0.603. The fraction of sp³-hybridized carbons (Fsp3) is 0.444. The van der Waals surface area contributed by atoms with E-state index in [4.69, 9.17) is 11.6 Å². The molecule has 1 atom stereocenters. The molecule has 1 aromatic carbocycles. The van der Waals surface area contributed by atoms with Gasteiger partial charge < -0.3 is 15.2 Å². The minimum Gasteiger partial charge on any atom is -0.342 e. The van der Waals surface area contributed by atoms with Crippen molar-refractivity contribution in [1.29, 1.82) is 5.26 Å². The Balaban J connectivity index is 1.47. The van der Waals surface area contributed by atoms with Crippen LogP contribution in [0, 0.1) is 17.2 Å². The van der Waals surface area contributed by atoms with E-state index in [1.54, 1.807) is 24.3 Å². The number of carbonyl (C=O) groups is 2. The molecule has 2 N–H and O–H groups in total. The highest BCUT2D eigenvalue weighted by Gasteiger charge is 2.26. The van der Waals surface area contributed by atoms with Crippen LogP contribution < -0.4 is 10.6 Å². The molecule has 8 nitrogen and oxygen atoms in total. The summed E-state index contributed by atoms with van der Waals surface area (Å²) in [5.41, 5.74) is 2.11. The van der Waals surface area contributed by atoms with Crippen LogP contribution in [0.2, 0.25) is 5.02 Å². The zero-order valence-corrected chi connectivity index (χ0v) is 24.1. The Morgan fingerprint density at radius 2 is 2.00 bits per heavy atom. The molecule has 11 heteroatoms. The molecular formula is C27H31ClN6O2S2. The predicted octanol–water partition coefficient (Wildman–Crippen LogP) is 6.01. The predicted molar refractivity (Wildman–Crippen MR) is 152 cm³/mol. The van der Waals surface area contributed by atoms with E-state index in [9.17, 15) is 14.9 Å². The van der Waals surface area contributed by atoms with Gasteiger partial charge in [-0.05, 0) is 62.6 Å². The number of nitrogens with zero attached hydrogens (tertiary/aromatic N) is 4. The van der Waals surface area contributed by atoms with Crippen LogP contribution in [0.3, 0.4) is 0 Å². The van der Waals surface area contributed by atoms with Gasteiger partial charge in [0.25, 0.3) is 5.91 Å². The molecule has 0 fully saturated rings. The van der Waals surface area contributed by atoms with Crippen molar-refractivity contribution in [2.45, 2.75) is 70.6 Å². The summed E-state index contributed by atoms with van der Waals surface area (Å²) in [6.45, 7) is 6.73. The molecule has 0 bridgehead atoms. The van der Waals surface area contributed by atoms with Gasteiger partial charge in [-0.15, -0.1) is 21.5 Å². The number of nitriles is 1. The van der Waals surface area contributed by atoms with Gasteiger partial charge in [0.15, 0.2) is 11.0 Å². The highest BCUT2D eigenvalue weighted by Crippen LogP contribution is 2.37. The molecule has 0 saturated carbocycles. The maximum absolute atomic E-state index is 13.0. The number of amides is 2. The van der Waals surface area contributed by atoms with Crippen molar-refractivity contribution in [1.82, 2.24) is 20.1 Å². The second-order valence-electron chi connectivity index (χ2n) is 9.58. The van der Waals surface area contributed by atoms with Crippen molar-refractivity contribution in [3.05, 3.63) is 56.7 Å². The van der Waals surface area contributed by atoms with E-state index < -0.39 is 0 Å². The second kappa shape index (κ2) is 12.8. The van der Waals surface area contributed by atoms with Gasteiger partial charge in [0, 0.05) is 11.4 Å². The van der Waals surface area contributed by atoms with Crippen LogP contribution in [0.15, 0.2) is 29.4 Å². The Bertz CT molecular complexity index is 1360. The first-order valence-corrected chi connectivity index (χ1v) is 15.0. The molecule has 0 spiro atoms. The van der Waals surface area contributed by atoms with Crippen molar-refractivity contribution >= 4 is 51.5 Å². The lowest BCUT2D eigenvalue weighted by Crippen LogP contribution is -2.31. The van der Waals surface area contributed by atoms with Crippen LogP contribution in [0.5, 0.6) is 0 Å². The quantitative estimate of drug-likeness (QED) is 0.289. The zero-order chi connectivity index (χ0) is 27.2. The second-order valence-corrected chi connectivity index (χ2v) is 12.0. The van der Waals surface area contributed by atoms with Crippen LogP contribution in [0.1, 0.15) is 78.3 Å². The van der Waals surface area contributed by atoms with E-state index >= 15 is 0 Å². The van der Waals surface area contributed by atoms with Crippen molar-refractivity contribution in [3.63, 3.8) is 0 Å². The number of nitrogens with one attached hydrogen (secondary N) is 2. The fourth-order valence-electron chi connectivity index (χ4n) is 4.61. The van der Waals surface area contributed by atoms with Gasteiger partial charge in [-0.3, -0.25) is 9.59 Å². The van der Waals surface area contributed by atoms with Crippen LogP contribution >= 0.6 is 34.7 Å². The molecule has 2 amide bonds. The average Bonchev–Trinajstić information content (AvgIpc) is 3.47. The summed E-state index contributed by atoms with van der Waals surface area (Å²) in [6.07, 6.45) is 4.72. The number of thioether (sulfide) groups is 1. The Morgan fingerprint density at radius 3 is 2.71 bits per heavy atom. The Hall–Kier alpha value is -2.87. The van der Waals surface area contributed by atoms with E-state index in [-0.39, 0.29) is 23.6 Å². The minimum absolute atomic E-state index is 0.131. The zero-order valence-electron chi connectivity index (χ0n) is 21.7. The van der Waals surface area contributed by atoms with Crippen LogP contribution in [-0.4, -0.2) is 32.3 Å². The third-order valence-electron chi connectivity index (χ3n) is 6.37. The number of fused-ring (bicyclic) bond motifs is 1. The minimum atomic E-state index is -0.370. The molecule has 38 heavy (non-hydrogen) atoms. The lowest BCUT2D eigenvalue weighted by molar-refractivity contribution is -0.113. The number of thiophene rings is 1. The smallest absolute Gasteiger partial charge is 0.253 e. The first-order chi connectivity index (χ1) is 18.3. The maximum atomic E-state index is 13.0. The topological polar surface area (TPSA) is 113 Å². The molecule has 4 rings (SSSR count). The molecule has 1 aliphatic rings. The van der Waals surface area contributed by atoms with E-state index in [1.165, 1.54) is 28.0 Å². The van der Waals surface area contributed by atoms with Crippen molar-refractivity contribution in [2.24, 2.45) is 5.92 Å². The third-order valence-corrected chi connectivity index (χ3v) is 8.88. The Labute approximate surface area is 236 Å². The number of hydrogen-bond acceptors (Lipinski definition) is 7. The fourth-order valence-corrected chi connectivity index (χ4v) is 6.90. The van der Waals surface area contributed by atoms with Gasteiger partial charge in [0.1, 0.15) is 11.1 Å². The van der Waals surface area contributed by atoms with Crippen molar-refractivity contribution in [3.8, 4) is 6.07 Å². The van der Waals surface area contributed by atoms with Gasteiger partial charge in [-0.1, -0.05) is 49.3 Å². The molecule has 1 aliphatic carbocycles.